The largest absolute Gasteiger partial charge is 0.339 e. The molecule has 2 aromatic rings. The van der Waals surface area contributed by atoms with Crippen molar-refractivity contribution in [3.63, 3.8) is 0 Å². The summed E-state index contributed by atoms with van der Waals surface area (Å²) in [7, 11) is 1.87. The maximum Gasteiger partial charge on any atom is 0.228 e. The van der Waals surface area contributed by atoms with Crippen LogP contribution >= 0.6 is 23.2 Å². The van der Waals surface area contributed by atoms with Gasteiger partial charge in [0, 0.05) is 18.5 Å². The second kappa shape index (κ2) is 5.49. The van der Waals surface area contributed by atoms with Gasteiger partial charge in [-0.15, -0.1) is 0 Å². The van der Waals surface area contributed by atoms with Crippen LogP contribution in [0.3, 0.4) is 0 Å². The Bertz CT molecular complexity index is 513. The molecule has 6 heteroatoms. The van der Waals surface area contributed by atoms with Gasteiger partial charge in [-0.25, -0.2) is 0 Å². The first-order valence-corrected chi connectivity index (χ1v) is 5.89. The second-order valence-corrected chi connectivity index (χ2v) is 4.31. The molecule has 0 aliphatic carbocycles. The summed E-state index contributed by atoms with van der Waals surface area (Å²) in [4.78, 5) is 4.27. The van der Waals surface area contributed by atoms with Crippen molar-refractivity contribution in [2.24, 2.45) is 0 Å². The van der Waals surface area contributed by atoms with Gasteiger partial charge in [-0.2, -0.15) is 4.98 Å². The highest BCUT2D eigenvalue weighted by Gasteiger charge is 2.09. The van der Waals surface area contributed by atoms with Crippen LogP contribution in [-0.4, -0.2) is 23.7 Å². The topological polar surface area (TPSA) is 51.0 Å². The number of nitrogens with one attached hydrogen (secondary N) is 1. The summed E-state index contributed by atoms with van der Waals surface area (Å²) in [5.74, 6) is 1.12. The van der Waals surface area contributed by atoms with E-state index in [1.54, 1.807) is 18.2 Å². The van der Waals surface area contributed by atoms with E-state index in [-0.39, 0.29) is 0 Å². The highest BCUT2D eigenvalue weighted by atomic mass is 35.5. The Labute approximate surface area is 109 Å². The average molecular weight is 272 g/mol. The first-order valence-electron chi connectivity index (χ1n) is 5.13. The third-order valence-electron chi connectivity index (χ3n) is 2.23. The van der Waals surface area contributed by atoms with E-state index in [4.69, 9.17) is 27.7 Å². The van der Waals surface area contributed by atoms with E-state index in [0.29, 0.717) is 28.2 Å². The molecule has 1 aromatic carbocycles. The normalized spacial score (nSPS) is 10.8. The number of hydrogen-bond donors (Lipinski definition) is 1. The van der Waals surface area contributed by atoms with Crippen molar-refractivity contribution >= 4 is 23.2 Å². The van der Waals surface area contributed by atoms with Crippen LogP contribution in [0, 0.1) is 0 Å². The van der Waals surface area contributed by atoms with Gasteiger partial charge in [0.1, 0.15) is 0 Å². The molecular weight excluding hydrogens is 261 g/mol. The Morgan fingerprint density at radius 2 is 2.12 bits per heavy atom. The third kappa shape index (κ3) is 2.97. The Balaban J connectivity index is 2.21. The number of rotatable bonds is 4. The first kappa shape index (κ1) is 12.4. The van der Waals surface area contributed by atoms with Gasteiger partial charge in [-0.1, -0.05) is 28.4 Å². The Morgan fingerprint density at radius 1 is 1.29 bits per heavy atom. The number of likely N-dealkylation sites (N-methyl/N-ethyl adjacent to an activating group) is 1. The molecule has 0 aliphatic heterocycles. The fraction of sp³-hybridized carbons (Fsp3) is 0.273. The van der Waals surface area contributed by atoms with Crippen molar-refractivity contribution < 1.29 is 4.52 Å². The SMILES string of the molecule is CNCCc1nc(-c2ccc(Cl)c(Cl)c2)no1. The molecule has 1 heterocycles. The van der Waals surface area contributed by atoms with Crippen LogP contribution in [0.4, 0.5) is 0 Å². The summed E-state index contributed by atoms with van der Waals surface area (Å²) >= 11 is 11.8. The maximum absolute atomic E-state index is 5.93. The summed E-state index contributed by atoms with van der Waals surface area (Å²) in [5, 5.41) is 7.90. The van der Waals surface area contributed by atoms with Crippen LogP contribution in [0.15, 0.2) is 22.7 Å². The van der Waals surface area contributed by atoms with Crippen LogP contribution in [0.5, 0.6) is 0 Å². The van der Waals surface area contributed by atoms with Crippen LogP contribution < -0.4 is 5.32 Å². The molecule has 2 rings (SSSR count). The second-order valence-electron chi connectivity index (χ2n) is 3.49. The van der Waals surface area contributed by atoms with Gasteiger partial charge in [0.2, 0.25) is 11.7 Å². The molecule has 17 heavy (non-hydrogen) atoms. The van der Waals surface area contributed by atoms with E-state index in [2.05, 4.69) is 15.5 Å². The first-order chi connectivity index (χ1) is 8.20. The summed E-state index contributed by atoms with van der Waals surface area (Å²) in [6, 6.07) is 5.24. The lowest BCUT2D eigenvalue weighted by Gasteiger charge is -1.97. The van der Waals surface area contributed by atoms with E-state index in [1.165, 1.54) is 0 Å². The monoisotopic (exact) mass is 271 g/mol. The quantitative estimate of drug-likeness (QED) is 0.929. The maximum atomic E-state index is 5.93. The minimum Gasteiger partial charge on any atom is -0.339 e. The number of benzene rings is 1. The zero-order chi connectivity index (χ0) is 12.3. The minimum atomic E-state index is 0.478. The van der Waals surface area contributed by atoms with Crippen molar-refractivity contribution in [1.29, 1.82) is 0 Å². The Kier molecular flexibility index (Phi) is 3.99. The fourth-order valence-electron chi connectivity index (χ4n) is 1.34. The predicted molar refractivity (Wildman–Crippen MR) is 67.4 cm³/mol. The third-order valence-corrected chi connectivity index (χ3v) is 2.97. The van der Waals surface area contributed by atoms with E-state index >= 15 is 0 Å². The van der Waals surface area contributed by atoms with Gasteiger partial charge < -0.3 is 9.84 Å². The predicted octanol–water partition coefficient (Wildman–Crippen LogP) is 2.81. The van der Waals surface area contributed by atoms with Crippen LogP contribution in [0.2, 0.25) is 10.0 Å². The molecule has 0 radical (unpaired) electrons. The zero-order valence-corrected chi connectivity index (χ0v) is 10.7. The van der Waals surface area contributed by atoms with Crippen molar-refractivity contribution in [3.8, 4) is 11.4 Å². The molecule has 4 nitrogen and oxygen atoms in total. The van der Waals surface area contributed by atoms with E-state index < -0.39 is 0 Å². The summed E-state index contributed by atoms with van der Waals surface area (Å²) in [6.07, 6.45) is 0.699. The lowest BCUT2D eigenvalue weighted by atomic mass is 10.2. The number of aromatic nitrogens is 2. The molecule has 0 amide bonds. The highest BCUT2D eigenvalue weighted by molar-refractivity contribution is 6.42. The molecule has 0 unspecified atom stereocenters. The molecule has 0 bridgehead atoms. The van der Waals surface area contributed by atoms with Gasteiger partial charge in [-0.3, -0.25) is 0 Å². The molecule has 0 saturated carbocycles. The lowest BCUT2D eigenvalue weighted by molar-refractivity contribution is 0.377. The molecule has 0 spiro atoms. The lowest BCUT2D eigenvalue weighted by Crippen LogP contribution is -2.10. The average Bonchev–Trinajstić information content (AvgIpc) is 2.79. The van der Waals surface area contributed by atoms with Gasteiger partial charge >= 0.3 is 0 Å². The van der Waals surface area contributed by atoms with Gasteiger partial charge in [-0.05, 0) is 25.2 Å². The van der Waals surface area contributed by atoms with Gasteiger partial charge in [0.05, 0.1) is 10.0 Å². The number of halogens is 2. The fourth-order valence-corrected chi connectivity index (χ4v) is 1.64. The standard InChI is InChI=1S/C11H11Cl2N3O/c1-14-5-4-10-15-11(16-17-10)7-2-3-8(12)9(13)6-7/h2-3,6,14H,4-5H2,1H3. The summed E-state index contributed by atoms with van der Waals surface area (Å²) in [6.45, 7) is 0.795. The van der Waals surface area contributed by atoms with Crippen molar-refractivity contribution in [1.82, 2.24) is 15.5 Å². The Hall–Kier alpha value is -1.10. The summed E-state index contributed by atoms with van der Waals surface area (Å²) < 4.78 is 5.11. The zero-order valence-electron chi connectivity index (χ0n) is 9.20. The highest BCUT2D eigenvalue weighted by Crippen LogP contribution is 2.26. The van der Waals surface area contributed by atoms with E-state index in [0.717, 1.165) is 12.1 Å². The van der Waals surface area contributed by atoms with Gasteiger partial charge in [0.25, 0.3) is 0 Å². The molecule has 0 fully saturated rings. The minimum absolute atomic E-state index is 0.478. The molecule has 0 atom stereocenters. The molecular formula is C11H11Cl2N3O. The van der Waals surface area contributed by atoms with Crippen LogP contribution in [-0.2, 0) is 6.42 Å². The molecule has 90 valence electrons. The smallest absolute Gasteiger partial charge is 0.228 e. The summed E-state index contributed by atoms with van der Waals surface area (Å²) in [5.41, 5.74) is 0.791. The van der Waals surface area contributed by atoms with Crippen molar-refractivity contribution in [3.05, 3.63) is 34.1 Å². The molecule has 0 aliphatic rings. The van der Waals surface area contributed by atoms with Crippen LogP contribution in [0.1, 0.15) is 5.89 Å². The molecule has 1 N–H and O–H groups in total. The van der Waals surface area contributed by atoms with Gasteiger partial charge in [0.15, 0.2) is 0 Å². The molecule has 0 saturated heterocycles. The van der Waals surface area contributed by atoms with Crippen molar-refractivity contribution in [2.45, 2.75) is 6.42 Å². The number of hydrogen-bond acceptors (Lipinski definition) is 4. The number of nitrogens with zero attached hydrogens (tertiary/aromatic N) is 2. The van der Waals surface area contributed by atoms with Crippen LogP contribution in [0.25, 0.3) is 11.4 Å². The van der Waals surface area contributed by atoms with E-state index in [9.17, 15) is 0 Å². The van der Waals surface area contributed by atoms with E-state index in [1.807, 2.05) is 7.05 Å². The molecule has 1 aromatic heterocycles. The van der Waals surface area contributed by atoms with Crippen molar-refractivity contribution in [2.75, 3.05) is 13.6 Å². The Morgan fingerprint density at radius 3 is 2.82 bits per heavy atom.